The molecule has 10 heteroatoms. The zero-order valence-electron chi connectivity index (χ0n) is 8.71. The van der Waals surface area contributed by atoms with Crippen molar-refractivity contribution in [3.05, 3.63) is 0 Å². The number of nitrogens with one attached hydrogen (secondary N) is 1. The molecule has 2 unspecified atom stereocenters. The van der Waals surface area contributed by atoms with E-state index in [0.717, 1.165) is 11.3 Å². The molecule has 0 bridgehead atoms. The number of aromatic nitrogens is 2. The van der Waals surface area contributed by atoms with Gasteiger partial charge in [-0.2, -0.15) is 0 Å². The Labute approximate surface area is 100.0 Å². The zero-order chi connectivity index (χ0) is 12.3. The number of nitrogens with zero attached hydrogens (tertiary/aromatic N) is 2. The highest BCUT2D eigenvalue weighted by atomic mass is 32.2. The standard InChI is InChI=1S/C6H12N4O3S3/c1-4(3-15(2)11)10-16(12,13)6-9-8-5(7)14-6/h4,10H,3H2,1-2H3,(H2,7,8). The Balaban J connectivity index is 2.76. The minimum atomic E-state index is -3.70. The summed E-state index contributed by atoms with van der Waals surface area (Å²) >= 11 is 0.785. The van der Waals surface area contributed by atoms with Crippen LogP contribution in [0.4, 0.5) is 5.13 Å². The Kier molecular flexibility index (Phi) is 4.35. The Hall–Kier alpha value is -0.580. The summed E-state index contributed by atoms with van der Waals surface area (Å²) in [6.07, 6.45) is 1.51. The van der Waals surface area contributed by atoms with Gasteiger partial charge in [0.25, 0.3) is 10.0 Å². The van der Waals surface area contributed by atoms with Crippen LogP contribution in [-0.2, 0) is 20.8 Å². The summed E-state index contributed by atoms with van der Waals surface area (Å²) in [5.74, 6) is 0.244. The van der Waals surface area contributed by atoms with Crippen molar-refractivity contribution in [2.45, 2.75) is 17.3 Å². The molecule has 0 aromatic carbocycles. The maximum atomic E-state index is 11.7. The summed E-state index contributed by atoms with van der Waals surface area (Å²) in [7, 11) is -4.77. The second kappa shape index (κ2) is 5.17. The third kappa shape index (κ3) is 3.77. The molecule has 16 heavy (non-hydrogen) atoms. The fourth-order valence-electron chi connectivity index (χ4n) is 1.03. The van der Waals surface area contributed by atoms with Gasteiger partial charge in [-0.05, 0) is 6.92 Å². The average molecular weight is 284 g/mol. The van der Waals surface area contributed by atoms with Gasteiger partial charge < -0.3 is 5.73 Å². The van der Waals surface area contributed by atoms with Crippen LogP contribution < -0.4 is 10.5 Å². The molecule has 0 aliphatic rings. The fraction of sp³-hybridized carbons (Fsp3) is 0.667. The fourth-order valence-corrected chi connectivity index (χ4v) is 3.97. The van der Waals surface area contributed by atoms with Gasteiger partial charge in [-0.25, -0.2) is 13.1 Å². The first-order chi connectivity index (χ1) is 7.31. The van der Waals surface area contributed by atoms with Crippen molar-refractivity contribution in [2.75, 3.05) is 17.7 Å². The smallest absolute Gasteiger partial charge is 0.270 e. The van der Waals surface area contributed by atoms with Crippen LogP contribution in [0.1, 0.15) is 6.92 Å². The van der Waals surface area contributed by atoms with E-state index >= 15 is 0 Å². The van der Waals surface area contributed by atoms with Crippen molar-refractivity contribution >= 4 is 37.3 Å². The molecule has 0 aliphatic heterocycles. The molecule has 1 aromatic rings. The number of rotatable bonds is 5. The lowest BCUT2D eigenvalue weighted by atomic mass is 10.4. The van der Waals surface area contributed by atoms with E-state index in [1.54, 1.807) is 6.92 Å². The molecule has 0 fully saturated rings. The first-order valence-corrected chi connectivity index (χ1v) is 8.25. The summed E-state index contributed by atoms with van der Waals surface area (Å²) in [6.45, 7) is 1.63. The van der Waals surface area contributed by atoms with Crippen LogP contribution in [0.15, 0.2) is 4.34 Å². The van der Waals surface area contributed by atoms with Gasteiger partial charge in [0.05, 0.1) is 0 Å². The second-order valence-electron chi connectivity index (χ2n) is 3.17. The summed E-state index contributed by atoms with van der Waals surface area (Å²) in [5.41, 5.74) is 5.29. The lowest BCUT2D eigenvalue weighted by Gasteiger charge is -2.10. The van der Waals surface area contributed by atoms with Crippen molar-refractivity contribution in [2.24, 2.45) is 0 Å². The van der Waals surface area contributed by atoms with Gasteiger partial charge in [-0.1, -0.05) is 11.3 Å². The lowest BCUT2D eigenvalue weighted by molar-refractivity contribution is 0.568. The van der Waals surface area contributed by atoms with Gasteiger partial charge in [0.2, 0.25) is 9.47 Å². The molecule has 0 amide bonds. The molecule has 2 atom stereocenters. The number of anilines is 1. The number of sulfonamides is 1. The Morgan fingerprint density at radius 1 is 1.56 bits per heavy atom. The summed E-state index contributed by atoms with van der Waals surface area (Å²) in [6, 6.07) is -0.430. The van der Waals surface area contributed by atoms with E-state index in [0.29, 0.717) is 0 Å². The van der Waals surface area contributed by atoms with Gasteiger partial charge >= 0.3 is 0 Å². The van der Waals surface area contributed by atoms with E-state index in [1.807, 2.05) is 0 Å². The zero-order valence-corrected chi connectivity index (χ0v) is 11.2. The van der Waals surface area contributed by atoms with Crippen molar-refractivity contribution < 1.29 is 12.6 Å². The topological polar surface area (TPSA) is 115 Å². The van der Waals surface area contributed by atoms with Crippen molar-refractivity contribution in [1.82, 2.24) is 14.9 Å². The van der Waals surface area contributed by atoms with Gasteiger partial charge in [0.15, 0.2) is 0 Å². The normalized spacial score (nSPS) is 15.9. The molecule has 1 heterocycles. The van der Waals surface area contributed by atoms with E-state index < -0.39 is 26.9 Å². The number of nitrogen functional groups attached to an aromatic ring is 1. The third-order valence-electron chi connectivity index (χ3n) is 1.49. The number of nitrogens with two attached hydrogens (primary N) is 1. The number of hydrogen-bond acceptors (Lipinski definition) is 7. The molecule has 0 radical (unpaired) electrons. The largest absolute Gasteiger partial charge is 0.374 e. The first kappa shape index (κ1) is 13.5. The van der Waals surface area contributed by atoms with Crippen LogP contribution in [0.2, 0.25) is 0 Å². The molecular weight excluding hydrogens is 272 g/mol. The van der Waals surface area contributed by atoms with Crippen molar-refractivity contribution in [3.8, 4) is 0 Å². The van der Waals surface area contributed by atoms with E-state index in [1.165, 1.54) is 6.26 Å². The minimum Gasteiger partial charge on any atom is -0.374 e. The molecule has 7 nitrogen and oxygen atoms in total. The Morgan fingerprint density at radius 2 is 2.19 bits per heavy atom. The average Bonchev–Trinajstić information content (AvgIpc) is 2.49. The molecular formula is C6H12N4O3S3. The van der Waals surface area contributed by atoms with E-state index in [4.69, 9.17) is 5.73 Å². The third-order valence-corrected chi connectivity index (χ3v) is 5.17. The van der Waals surface area contributed by atoms with Crippen LogP contribution in [0.5, 0.6) is 0 Å². The summed E-state index contributed by atoms with van der Waals surface area (Å²) in [5, 5.41) is 6.95. The molecule has 0 saturated heterocycles. The van der Waals surface area contributed by atoms with Crippen LogP contribution in [0.25, 0.3) is 0 Å². The molecule has 3 N–H and O–H groups in total. The Morgan fingerprint density at radius 3 is 2.62 bits per heavy atom. The molecule has 1 aromatic heterocycles. The molecule has 1 rings (SSSR count). The molecule has 0 saturated carbocycles. The minimum absolute atomic E-state index is 0.0899. The quantitative estimate of drug-likeness (QED) is 0.729. The van der Waals surface area contributed by atoms with Crippen molar-refractivity contribution in [3.63, 3.8) is 0 Å². The molecule has 0 spiro atoms. The monoisotopic (exact) mass is 284 g/mol. The van der Waals surface area contributed by atoms with Crippen molar-refractivity contribution in [1.29, 1.82) is 0 Å². The second-order valence-corrected chi connectivity index (χ2v) is 7.54. The summed E-state index contributed by atoms with van der Waals surface area (Å²) in [4.78, 5) is 0. The highest BCUT2D eigenvalue weighted by molar-refractivity contribution is 7.91. The van der Waals surface area contributed by atoms with Crippen LogP contribution >= 0.6 is 11.3 Å². The predicted octanol–water partition coefficient (Wildman–Crippen LogP) is -0.834. The number of hydrogen-bond donors (Lipinski definition) is 2. The van der Waals surface area contributed by atoms with Crippen LogP contribution in [0.3, 0.4) is 0 Å². The van der Waals surface area contributed by atoms with Gasteiger partial charge in [-0.3, -0.25) is 4.21 Å². The maximum Gasteiger partial charge on any atom is 0.270 e. The molecule has 92 valence electrons. The Bertz CT molecular complexity index is 483. The predicted molar refractivity (Wildman–Crippen MR) is 63.0 cm³/mol. The van der Waals surface area contributed by atoms with E-state index in [9.17, 15) is 12.6 Å². The van der Waals surface area contributed by atoms with Gasteiger partial charge in [0, 0.05) is 28.9 Å². The molecule has 0 aliphatic carbocycles. The van der Waals surface area contributed by atoms with Gasteiger partial charge in [0.1, 0.15) is 0 Å². The van der Waals surface area contributed by atoms with Gasteiger partial charge in [-0.15, -0.1) is 10.2 Å². The van der Waals surface area contributed by atoms with E-state index in [2.05, 4.69) is 14.9 Å². The van der Waals surface area contributed by atoms with Crippen LogP contribution in [-0.4, -0.2) is 40.9 Å². The first-order valence-electron chi connectivity index (χ1n) is 4.22. The van der Waals surface area contributed by atoms with Crippen LogP contribution in [0, 0.1) is 0 Å². The summed E-state index contributed by atoms with van der Waals surface area (Å²) < 4.78 is 36.4. The lowest BCUT2D eigenvalue weighted by Crippen LogP contribution is -2.36. The highest BCUT2D eigenvalue weighted by Crippen LogP contribution is 2.16. The van der Waals surface area contributed by atoms with E-state index in [-0.39, 0.29) is 15.2 Å². The SMILES string of the molecule is CC(CS(C)=O)NS(=O)(=O)c1nnc(N)s1. The highest BCUT2D eigenvalue weighted by Gasteiger charge is 2.22. The maximum absolute atomic E-state index is 11.7.